The van der Waals surface area contributed by atoms with Gasteiger partial charge in [-0.1, -0.05) is 5.16 Å². The quantitative estimate of drug-likeness (QED) is 0.750. The number of halogens is 3. The van der Waals surface area contributed by atoms with Crippen molar-refractivity contribution in [1.29, 1.82) is 0 Å². The van der Waals surface area contributed by atoms with Crippen LogP contribution in [0.4, 0.5) is 13.2 Å². The van der Waals surface area contributed by atoms with E-state index < -0.39 is 12.1 Å². The third-order valence-electron chi connectivity index (χ3n) is 5.66. The molecule has 2 saturated heterocycles. The molecule has 0 bridgehead atoms. The van der Waals surface area contributed by atoms with E-state index in [-0.39, 0.29) is 18.1 Å². The first kappa shape index (κ1) is 22.5. The summed E-state index contributed by atoms with van der Waals surface area (Å²) in [6.07, 6.45) is -0.930. The summed E-state index contributed by atoms with van der Waals surface area (Å²) in [5.74, 6) is -1.24. The van der Waals surface area contributed by atoms with Crippen LogP contribution in [0.1, 0.15) is 42.7 Å². The summed E-state index contributed by atoms with van der Waals surface area (Å²) in [6, 6.07) is 0.407. The topological polar surface area (TPSA) is 105 Å². The molecule has 4 rings (SSSR count). The van der Waals surface area contributed by atoms with E-state index in [9.17, 15) is 18.0 Å². The third-order valence-corrected chi connectivity index (χ3v) is 5.66. The number of aryl methyl sites for hydroxylation is 2. The Morgan fingerprint density at radius 3 is 2.47 bits per heavy atom. The van der Waals surface area contributed by atoms with E-state index in [2.05, 4.69) is 15.4 Å². The number of aliphatic carboxylic acids is 1. The molecule has 30 heavy (non-hydrogen) atoms. The first-order valence-corrected chi connectivity index (χ1v) is 9.94. The number of amides is 1. The molecule has 11 heteroatoms. The van der Waals surface area contributed by atoms with Crippen molar-refractivity contribution in [1.82, 2.24) is 15.4 Å². The summed E-state index contributed by atoms with van der Waals surface area (Å²) >= 11 is 0. The molecule has 2 N–H and O–H groups in total. The van der Waals surface area contributed by atoms with Gasteiger partial charge in [0.15, 0.2) is 0 Å². The Bertz CT molecular complexity index is 758. The molecule has 1 saturated carbocycles. The van der Waals surface area contributed by atoms with Crippen LogP contribution in [0.2, 0.25) is 0 Å². The number of ether oxygens (including phenoxy) is 1. The summed E-state index contributed by atoms with van der Waals surface area (Å²) in [7, 11) is 0. The molecule has 0 unspecified atom stereocenters. The minimum absolute atomic E-state index is 0.0965. The lowest BCUT2D eigenvalue weighted by molar-refractivity contribution is -0.192. The van der Waals surface area contributed by atoms with Gasteiger partial charge < -0.3 is 19.7 Å². The molecule has 2 aliphatic heterocycles. The molecular weight excluding hydrogens is 407 g/mol. The highest BCUT2D eigenvalue weighted by Crippen LogP contribution is 2.34. The molecule has 8 nitrogen and oxygen atoms in total. The average molecular weight is 433 g/mol. The summed E-state index contributed by atoms with van der Waals surface area (Å²) in [4.78, 5) is 23.5. The van der Waals surface area contributed by atoms with Gasteiger partial charge in [-0.3, -0.25) is 9.69 Å². The van der Waals surface area contributed by atoms with Crippen LogP contribution in [0.25, 0.3) is 0 Å². The van der Waals surface area contributed by atoms with Crippen molar-refractivity contribution in [2.24, 2.45) is 5.92 Å². The lowest BCUT2D eigenvalue weighted by Gasteiger charge is -2.33. The maximum atomic E-state index is 12.2. The van der Waals surface area contributed by atoms with Gasteiger partial charge >= 0.3 is 12.1 Å². The van der Waals surface area contributed by atoms with E-state index in [1.165, 1.54) is 5.56 Å². The zero-order valence-electron chi connectivity index (χ0n) is 16.9. The van der Waals surface area contributed by atoms with Gasteiger partial charge in [0, 0.05) is 24.7 Å². The van der Waals surface area contributed by atoms with Gasteiger partial charge in [-0.2, -0.15) is 13.2 Å². The van der Waals surface area contributed by atoms with Crippen LogP contribution in [-0.2, 0) is 20.9 Å². The third kappa shape index (κ3) is 5.72. The number of likely N-dealkylation sites (tertiary alicyclic amines) is 1. The maximum absolute atomic E-state index is 12.2. The Morgan fingerprint density at radius 2 is 1.93 bits per heavy atom. The molecule has 0 spiro atoms. The molecule has 3 atom stereocenters. The number of nitrogens with zero attached hydrogens (tertiary/aromatic N) is 2. The summed E-state index contributed by atoms with van der Waals surface area (Å²) in [5, 5.41) is 14.2. The largest absolute Gasteiger partial charge is 0.490 e. The molecule has 1 aromatic heterocycles. The molecule has 3 aliphatic rings. The van der Waals surface area contributed by atoms with Gasteiger partial charge in [0.2, 0.25) is 5.91 Å². The van der Waals surface area contributed by atoms with Gasteiger partial charge in [0.1, 0.15) is 11.9 Å². The van der Waals surface area contributed by atoms with Crippen molar-refractivity contribution in [2.45, 2.75) is 70.5 Å². The second kappa shape index (κ2) is 8.93. The fraction of sp³-hybridized carbons (Fsp3) is 0.737. The number of fused-ring (bicyclic) bond motifs is 1. The fourth-order valence-corrected chi connectivity index (χ4v) is 3.78. The van der Waals surface area contributed by atoms with Gasteiger partial charge in [0.05, 0.1) is 11.8 Å². The highest BCUT2D eigenvalue weighted by Gasteiger charge is 2.43. The predicted octanol–water partition coefficient (Wildman–Crippen LogP) is 2.18. The number of nitrogens with one attached hydrogen (secondary N) is 1. The van der Waals surface area contributed by atoms with Gasteiger partial charge in [0.25, 0.3) is 0 Å². The Kier molecular flexibility index (Phi) is 6.71. The van der Waals surface area contributed by atoms with E-state index >= 15 is 0 Å². The molecule has 0 radical (unpaired) electrons. The number of piperidine rings is 1. The fourth-order valence-electron chi connectivity index (χ4n) is 3.78. The molecule has 1 aliphatic carbocycles. The van der Waals surface area contributed by atoms with E-state index in [0.29, 0.717) is 12.0 Å². The van der Waals surface area contributed by atoms with Crippen molar-refractivity contribution in [2.75, 3.05) is 13.1 Å². The van der Waals surface area contributed by atoms with E-state index in [1.54, 1.807) is 0 Å². The van der Waals surface area contributed by atoms with Crippen LogP contribution in [0, 0.1) is 19.8 Å². The van der Waals surface area contributed by atoms with E-state index in [4.69, 9.17) is 19.2 Å². The molecule has 3 heterocycles. The monoisotopic (exact) mass is 433 g/mol. The number of carboxylic acids is 1. The number of carbonyl (C=O) groups is 2. The molecular formula is C19H26F3N3O5. The number of carbonyl (C=O) groups excluding carboxylic acids is 1. The minimum Gasteiger partial charge on any atom is -0.475 e. The zero-order chi connectivity index (χ0) is 22.1. The number of hydrogen-bond donors (Lipinski definition) is 2. The van der Waals surface area contributed by atoms with Crippen LogP contribution in [0.15, 0.2) is 4.52 Å². The maximum Gasteiger partial charge on any atom is 0.490 e. The Labute approximate surface area is 171 Å². The standard InChI is InChI=1S/C17H25N3O3.C2HF3O2/c1-10-14(11(2)23-19-10)8-20-6-5-12-7-15(22-16(12)9-20)17(21)18-13-3-4-13;3-2(4,5)1(6)7/h12-13,15-16H,3-9H2,1-2H3,(H,18,21);(H,6,7)/t12-,15+,16+;/m0./s1. The number of rotatable bonds is 4. The predicted molar refractivity (Wildman–Crippen MR) is 97.5 cm³/mol. The first-order valence-electron chi connectivity index (χ1n) is 9.94. The van der Waals surface area contributed by atoms with Crippen molar-refractivity contribution >= 4 is 11.9 Å². The molecule has 0 aromatic carbocycles. The van der Waals surface area contributed by atoms with E-state index in [1.807, 2.05) is 13.8 Å². The Hall–Kier alpha value is -2.14. The van der Waals surface area contributed by atoms with Crippen LogP contribution in [-0.4, -0.2) is 64.6 Å². The average Bonchev–Trinajstić information content (AvgIpc) is 3.29. The molecule has 3 fully saturated rings. The smallest absolute Gasteiger partial charge is 0.475 e. The zero-order valence-corrected chi connectivity index (χ0v) is 16.9. The lowest BCUT2D eigenvalue weighted by Crippen LogP contribution is -2.42. The summed E-state index contributed by atoms with van der Waals surface area (Å²) < 4.78 is 43.1. The van der Waals surface area contributed by atoms with Crippen molar-refractivity contribution < 1.29 is 37.1 Å². The number of hydrogen-bond acceptors (Lipinski definition) is 6. The van der Waals surface area contributed by atoms with Crippen LogP contribution in [0.5, 0.6) is 0 Å². The second-order valence-electron chi connectivity index (χ2n) is 8.07. The Morgan fingerprint density at radius 1 is 1.27 bits per heavy atom. The van der Waals surface area contributed by atoms with Crippen molar-refractivity contribution in [3.8, 4) is 0 Å². The van der Waals surface area contributed by atoms with Crippen LogP contribution < -0.4 is 5.32 Å². The summed E-state index contributed by atoms with van der Waals surface area (Å²) in [5.41, 5.74) is 2.16. The highest BCUT2D eigenvalue weighted by molar-refractivity contribution is 5.81. The van der Waals surface area contributed by atoms with Gasteiger partial charge in [-0.15, -0.1) is 0 Å². The van der Waals surface area contributed by atoms with Gasteiger partial charge in [-0.05, 0) is 52.0 Å². The second-order valence-corrected chi connectivity index (χ2v) is 8.07. The number of alkyl halides is 3. The lowest BCUT2D eigenvalue weighted by atomic mass is 9.91. The van der Waals surface area contributed by atoms with Crippen molar-refractivity contribution in [3.63, 3.8) is 0 Å². The molecule has 168 valence electrons. The SMILES string of the molecule is Cc1noc(C)c1CN1CC[C@H]2C[C@H](C(=O)NC3CC3)O[C@@H]2C1.O=C(O)C(F)(F)F. The molecule has 1 aromatic rings. The van der Waals surface area contributed by atoms with Crippen LogP contribution in [0.3, 0.4) is 0 Å². The first-order chi connectivity index (χ1) is 14.0. The Balaban J connectivity index is 0.000000318. The van der Waals surface area contributed by atoms with Crippen molar-refractivity contribution in [3.05, 3.63) is 17.0 Å². The molecule has 1 amide bonds. The normalized spacial score (nSPS) is 26.5. The van der Waals surface area contributed by atoms with E-state index in [0.717, 1.165) is 56.8 Å². The number of aromatic nitrogens is 1. The van der Waals surface area contributed by atoms with Crippen LogP contribution >= 0.6 is 0 Å². The number of carboxylic acid groups (broad SMARTS) is 1. The highest BCUT2D eigenvalue weighted by atomic mass is 19.4. The van der Waals surface area contributed by atoms with Gasteiger partial charge in [-0.25, -0.2) is 4.79 Å². The summed E-state index contributed by atoms with van der Waals surface area (Å²) in [6.45, 7) is 6.75. The minimum atomic E-state index is -5.08.